The summed E-state index contributed by atoms with van der Waals surface area (Å²) < 4.78 is 23.5. The Morgan fingerprint density at radius 1 is 0.839 bits per heavy atom. The van der Waals surface area contributed by atoms with Gasteiger partial charge < -0.3 is 24.1 Å². The molecule has 1 N–H and O–H groups in total. The number of hydrogen-bond acceptors (Lipinski definition) is 7. The van der Waals surface area contributed by atoms with Gasteiger partial charge in [-0.1, -0.05) is 0 Å². The van der Waals surface area contributed by atoms with E-state index in [2.05, 4.69) is 4.98 Å². The lowest BCUT2D eigenvalue weighted by Crippen LogP contribution is -2.00. The average molecular weight is 421 g/mol. The largest absolute Gasteiger partial charge is 0.496 e. The number of fused-ring (bicyclic) bond motifs is 1. The highest BCUT2D eigenvalue weighted by Gasteiger charge is 2.16. The Hall–Kier alpha value is -3.78. The molecule has 0 radical (unpaired) electrons. The number of methoxy groups -OCH3 is 4. The Balaban J connectivity index is 1.85. The molecule has 0 bridgehead atoms. The minimum Gasteiger partial charge on any atom is -0.496 e. The second-order valence-electron chi connectivity index (χ2n) is 6.72. The fourth-order valence-corrected chi connectivity index (χ4v) is 3.51. The molecule has 0 fully saturated rings. The van der Waals surface area contributed by atoms with E-state index in [1.165, 1.54) is 0 Å². The van der Waals surface area contributed by atoms with Gasteiger partial charge in [0.2, 0.25) is 5.75 Å². The Morgan fingerprint density at radius 3 is 2.16 bits per heavy atom. The zero-order chi connectivity index (χ0) is 22.0. The molecule has 0 saturated heterocycles. The van der Waals surface area contributed by atoms with Crippen molar-refractivity contribution in [2.24, 2.45) is 0 Å². The molecule has 2 aromatic carbocycles. The van der Waals surface area contributed by atoms with E-state index in [-0.39, 0.29) is 6.61 Å². The van der Waals surface area contributed by atoms with Crippen molar-refractivity contribution in [3.05, 3.63) is 54.4 Å². The molecule has 0 aliphatic rings. The molecular formula is C23H23N3O5. The van der Waals surface area contributed by atoms with Crippen molar-refractivity contribution in [3.63, 3.8) is 0 Å². The van der Waals surface area contributed by atoms with Crippen molar-refractivity contribution in [1.82, 2.24) is 14.5 Å². The van der Waals surface area contributed by atoms with E-state index in [9.17, 15) is 5.11 Å². The summed E-state index contributed by atoms with van der Waals surface area (Å²) in [6.45, 7) is -0.122. The van der Waals surface area contributed by atoms with Gasteiger partial charge in [0.15, 0.2) is 17.1 Å². The first kappa shape index (κ1) is 20.5. The van der Waals surface area contributed by atoms with Crippen LogP contribution in [-0.4, -0.2) is 48.1 Å². The van der Waals surface area contributed by atoms with Gasteiger partial charge in [-0.15, -0.1) is 0 Å². The predicted molar refractivity (Wildman–Crippen MR) is 116 cm³/mol. The van der Waals surface area contributed by atoms with E-state index < -0.39 is 0 Å². The molecule has 0 amide bonds. The summed E-state index contributed by atoms with van der Waals surface area (Å²) in [5.74, 6) is 2.23. The fourth-order valence-electron chi connectivity index (χ4n) is 3.51. The second kappa shape index (κ2) is 8.53. The van der Waals surface area contributed by atoms with Gasteiger partial charge in [0.05, 0.1) is 46.4 Å². The lowest BCUT2D eigenvalue weighted by Gasteiger charge is -2.15. The van der Waals surface area contributed by atoms with Crippen LogP contribution in [-0.2, 0) is 6.61 Å². The number of pyridine rings is 1. The lowest BCUT2D eigenvalue weighted by molar-refractivity contribution is 0.274. The number of imidazole rings is 1. The number of rotatable bonds is 7. The molecular weight excluding hydrogens is 398 g/mol. The maximum absolute atomic E-state index is 9.65. The molecule has 31 heavy (non-hydrogen) atoms. The molecule has 0 aliphatic carbocycles. The number of ether oxygens (including phenoxy) is 4. The van der Waals surface area contributed by atoms with E-state index in [0.29, 0.717) is 34.2 Å². The minimum absolute atomic E-state index is 0.122. The van der Waals surface area contributed by atoms with Gasteiger partial charge in [0.25, 0.3) is 0 Å². The molecule has 8 heteroatoms. The molecule has 4 rings (SSSR count). The minimum atomic E-state index is -0.122. The van der Waals surface area contributed by atoms with E-state index >= 15 is 0 Å². The summed E-state index contributed by atoms with van der Waals surface area (Å²) in [6.07, 6.45) is 1.70. The van der Waals surface area contributed by atoms with Crippen LogP contribution in [0.4, 0.5) is 0 Å². The van der Waals surface area contributed by atoms with Crippen molar-refractivity contribution in [2.45, 2.75) is 6.61 Å². The topological polar surface area (TPSA) is 87.9 Å². The molecule has 160 valence electrons. The highest BCUT2D eigenvalue weighted by Crippen LogP contribution is 2.39. The third-order valence-electron chi connectivity index (χ3n) is 5.07. The van der Waals surface area contributed by atoms with Gasteiger partial charge in [0.1, 0.15) is 17.6 Å². The van der Waals surface area contributed by atoms with Crippen molar-refractivity contribution in [1.29, 1.82) is 0 Å². The van der Waals surface area contributed by atoms with Crippen LogP contribution in [0, 0.1) is 0 Å². The Bertz CT molecular complexity index is 1210. The van der Waals surface area contributed by atoms with Gasteiger partial charge in [-0.3, -0.25) is 4.57 Å². The molecule has 0 unspecified atom stereocenters. The summed E-state index contributed by atoms with van der Waals surface area (Å²) in [7, 11) is 6.29. The molecule has 0 spiro atoms. The molecule has 8 nitrogen and oxygen atoms in total. The summed E-state index contributed by atoms with van der Waals surface area (Å²) in [4.78, 5) is 9.30. The number of aliphatic hydroxyl groups is 1. The van der Waals surface area contributed by atoms with Gasteiger partial charge in [-0.05, 0) is 30.3 Å². The van der Waals surface area contributed by atoms with Crippen molar-refractivity contribution < 1.29 is 24.1 Å². The average Bonchev–Trinajstić information content (AvgIpc) is 3.25. The summed E-state index contributed by atoms with van der Waals surface area (Å²) in [5, 5.41) is 9.65. The third-order valence-corrected chi connectivity index (χ3v) is 5.07. The third kappa shape index (κ3) is 3.62. The van der Waals surface area contributed by atoms with Gasteiger partial charge in [0, 0.05) is 23.3 Å². The first-order valence-electron chi connectivity index (χ1n) is 9.56. The maximum atomic E-state index is 9.65. The lowest BCUT2D eigenvalue weighted by atomic mass is 10.1. The van der Waals surface area contributed by atoms with Crippen LogP contribution in [0.25, 0.3) is 28.1 Å². The van der Waals surface area contributed by atoms with Crippen LogP contribution in [0.3, 0.4) is 0 Å². The quantitative estimate of drug-likeness (QED) is 0.488. The number of nitrogens with zero attached hydrogens (tertiary/aromatic N) is 3. The molecule has 4 aromatic rings. The second-order valence-corrected chi connectivity index (χ2v) is 6.72. The van der Waals surface area contributed by atoms with Gasteiger partial charge in [-0.25, -0.2) is 9.97 Å². The fraction of sp³-hybridized carbons (Fsp3) is 0.217. The van der Waals surface area contributed by atoms with E-state index in [1.807, 2.05) is 47.0 Å². The maximum Gasteiger partial charge on any atom is 0.203 e. The molecule has 2 heterocycles. The Labute approximate surface area is 179 Å². The van der Waals surface area contributed by atoms with Crippen molar-refractivity contribution in [2.75, 3.05) is 28.4 Å². The smallest absolute Gasteiger partial charge is 0.203 e. The standard InChI is InChI=1S/C23H23N3O5/c1-28-19-8-5-14(9-15(19)12-27)17-6-7-18-23(25-17)26(13-24-18)16-10-20(29-2)22(31-4)21(11-16)30-3/h5-11,13,27H,12H2,1-4H3. The van der Waals surface area contributed by atoms with Gasteiger partial charge in [-0.2, -0.15) is 0 Å². The monoisotopic (exact) mass is 421 g/mol. The number of hydrogen-bond donors (Lipinski definition) is 1. The molecule has 0 aliphatic heterocycles. The number of benzene rings is 2. The van der Waals surface area contributed by atoms with Crippen molar-refractivity contribution >= 4 is 11.2 Å². The highest BCUT2D eigenvalue weighted by atomic mass is 16.5. The summed E-state index contributed by atoms with van der Waals surface area (Å²) in [5.41, 5.74) is 4.50. The van der Waals surface area contributed by atoms with E-state index in [1.54, 1.807) is 34.8 Å². The predicted octanol–water partition coefficient (Wildman–Crippen LogP) is 3.61. The van der Waals surface area contributed by atoms with Crippen LogP contribution in [0.15, 0.2) is 48.8 Å². The molecule has 0 atom stereocenters. The van der Waals surface area contributed by atoms with Crippen LogP contribution in [0.5, 0.6) is 23.0 Å². The summed E-state index contributed by atoms with van der Waals surface area (Å²) in [6, 6.07) is 13.1. The first-order chi connectivity index (χ1) is 15.1. The Kier molecular flexibility index (Phi) is 5.64. The normalized spacial score (nSPS) is 10.9. The Morgan fingerprint density at radius 2 is 1.55 bits per heavy atom. The number of aromatic nitrogens is 3. The number of aliphatic hydroxyl groups excluding tert-OH is 1. The molecule has 2 aromatic heterocycles. The van der Waals surface area contributed by atoms with Crippen molar-refractivity contribution in [3.8, 4) is 39.9 Å². The van der Waals surface area contributed by atoms with Gasteiger partial charge >= 0.3 is 0 Å². The van der Waals surface area contributed by atoms with Crippen LogP contribution in [0.1, 0.15) is 5.56 Å². The van der Waals surface area contributed by atoms with E-state index in [4.69, 9.17) is 23.9 Å². The van der Waals surface area contributed by atoms with E-state index in [0.717, 1.165) is 22.5 Å². The van der Waals surface area contributed by atoms with Crippen LogP contribution >= 0.6 is 0 Å². The highest BCUT2D eigenvalue weighted by molar-refractivity contribution is 5.78. The summed E-state index contributed by atoms with van der Waals surface area (Å²) >= 11 is 0. The van der Waals surface area contributed by atoms with Crippen LogP contribution < -0.4 is 18.9 Å². The zero-order valence-electron chi connectivity index (χ0n) is 17.7. The van der Waals surface area contributed by atoms with Crippen LogP contribution in [0.2, 0.25) is 0 Å². The molecule has 0 saturated carbocycles. The zero-order valence-corrected chi connectivity index (χ0v) is 17.7. The first-order valence-corrected chi connectivity index (χ1v) is 9.56. The SMILES string of the molecule is COc1ccc(-c2ccc3ncn(-c4cc(OC)c(OC)c(OC)c4)c3n2)cc1CO.